The number of hydrogen-bond acceptors (Lipinski definition) is 4. The fourth-order valence-corrected chi connectivity index (χ4v) is 4.01. The summed E-state index contributed by atoms with van der Waals surface area (Å²) in [7, 11) is -0.960. The zero-order chi connectivity index (χ0) is 19.9. The van der Waals surface area contributed by atoms with Crippen molar-refractivity contribution in [3.8, 4) is 0 Å². The second-order valence-corrected chi connectivity index (χ2v) is 8.28. The van der Waals surface area contributed by atoms with Gasteiger partial charge in [-0.2, -0.15) is 0 Å². The Bertz CT molecular complexity index is 823. The van der Waals surface area contributed by atoms with Gasteiger partial charge in [0.1, 0.15) is 5.82 Å². The minimum absolute atomic E-state index is 0.0558. The smallest absolute Gasteiger partial charge is 0.251 e. The first-order valence-corrected chi connectivity index (χ1v) is 11.0. The summed E-state index contributed by atoms with van der Waals surface area (Å²) >= 11 is 0. The number of nitrogens with one attached hydrogen (secondary N) is 1. The van der Waals surface area contributed by atoms with Crippen LogP contribution in [0.25, 0.3) is 0 Å². The number of carbonyl (C=O) groups excluding carboxylic acids is 1. The number of morpholine rings is 1. The Labute approximate surface area is 167 Å². The molecule has 1 aliphatic rings. The molecular weight excluding hydrogens is 379 g/mol. The number of ether oxygens (including phenoxy) is 1. The minimum atomic E-state index is -0.960. The number of nitrogens with zero attached hydrogens (tertiary/aromatic N) is 1. The van der Waals surface area contributed by atoms with E-state index < -0.39 is 10.8 Å². The van der Waals surface area contributed by atoms with Crippen LogP contribution in [0.4, 0.5) is 4.39 Å². The van der Waals surface area contributed by atoms with Crippen LogP contribution in [0.3, 0.4) is 0 Å². The maximum absolute atomic E-state index is 13.3. The fourth-order valence-electron chi connectivity index (χ4n) is 3.36. The normalized spacial score (nSPS) is 17.1. The summed E-state index contributed by atoms with van der Waals surface area (Å²) in [4.78, 5) is 14.9. The van der Waals surface area contributed by atoms with Gasteiger partial charge in [0.05, 0.1) is 19.3 Å². The van der Waals surface area contributed by atoms with Gasteiger partial charge in [0.25, 0.3) is 5.91 Å². The van der Waals surface area contributed by atoms with Crippen molar-refractivity contribution in [1.82, 2.24) is 10.2 Å². The Balaban J connectivity index is 1.71. The molecule has 7 heteroatoms. The van der Waals surface area contributed by atoms with Gasteiger partial charge >= 0.3 is 0 Å². The van der Waals surface area contributed by atoms with E-state index in [9.17, 15) is 13.4 Å². The van der Waals surface area contributed by atoms with Crippen LogP contribution in [-0.2, 0) is 21.3 Å². The summed E-state index contributed by atoms with van der Waals surface area (Å²) in [5.41, 5.74) is 2.37. The van der Waals surface area contributed by atoms with Crippen molar-refractivity contribution < 1.29 is 18.1 Å². The number of carbonyl (C=O) groups is 1. The van der Waals surface area contributed by atoms with E-state index in [4.69, 9.17) is 4.74 Å². The minimum Gasteiger partial charge on any atom is -0.379 e. The number of halogens is 1. The lowest BCUT2D eigenvalue weighted by atomic mass is 10.0. The predicted molar refractivity (Wildman–Crippen MR) is 108 cm³/mol. The molecule has 2 aromatic carbocycles. The maximum Gasteiger partial charge on any atom is 0.251 e. The standard InChI is InChI=1S/C21H25FN2O3S/c1-28(26)15-16-3-2-4-18(13-16)21(25)23-14-20(24-9-11-27-12-10-24)17-5-7-19(22)8-6-17/h2-8,13,20H,9-12,14-15H2,1H3,(H,23,25). The van der Waals surface area contributed by atoms with Gasteiger partial charge in [-0.3, -0.25) is 13.9 Å². The van der Waals surface area contributed by atoms with Gasteiger partial charge < -0.3 is 10.1 Å². The molecule has 5 nitrogen and oxygen atoms in total. The molecule has 2 aromatic rings. The Kier molecular flexibility index (Phi) is 7.30. The molecule has 0 radical (unpaired) electrons. The molecule has 28 heavy (non-hydrogen) atoms. The second-order valence-electron chi connectivity index (χ2n) is 6.84. The van der Waals surface area contributed by atoms with Crippen LogP contribution in [0.2, 0.25) is 0 Å². The van der Waals surface area contributed by atoms with Crippen molar-refractivity contribution >= 4 is 16.7 Å². The van der Waals surface area contributed by atoms with Crippen molar-refractivity contribution in [3.05, 3.63) is 71.0 Å². The van der Waals surface area contributed by atoms with E-state index >= 15 is 0 Å². The molecule has 3 rings (SSSR count). The molecular formula is C21H25FN2O3S. The summed E-state index contributed by atoms with van der Waals surface area (Å²) in [6, 6.07) is 13.6. The molecule has 2 unspecified atom stereocenters. The van der Waals surface area contributed by atoms with Crippen LogP contribution in [-0.4, -0.2) is 54.1 Å². The molecule has 1 fully saturated rings. The number of hydrogen-bond donors (Lipinski definition) is 1. The largest absolute Gasteiger partial charge is 0.379 e. The molecule has 1 N–H and O–H groups in total. The SMILES string of the molecule is CS(=O)Cc1cccc(C(=O)NCC(c2ccc(F)cc2)N2CCOCC2)c1. The summed E-state index contributed by atoms with van der Waals surface area (Å²) in [6.07, 6.45) is 1.64. The molecule has 0 spiro atoms. The number of benzene rings is 2. The maximum atomic E-state index is 13.3. The lowest BCUT2D eigenvalue weighted by Crippen LogP contribution is -2.43. The number of amides is 1. The highest BCUT2D eigenvalue weighted by atomic mass is 32.2. The third-order valence-corrected chi connectivity index (χ3v) is 5.50. The van der Waals surface area contributed by atoms with E-state index in [1.165, 1.54) is 12.1 Å². The van der Waals surface area contributed by atoms with Crippen molar-refractivity contribution in [1.29, 1.82) is 0 Å². The highest BCUT2D eigenvalue weighted by Gasteiger charge is 2.23. The van der Waals surface area contributed by atoms with E-state index in [1.54, 1.807) is 36.6 Å². The Morgan fingerprint density at radius 1 is 1.21 bits per heavy atom. The molecule has 0 aliphatic carbocycles. The van der Waals surface area contributed by atoms with Gasteiger partial charge in [0.2, 0.25) is 0 Å². The summed E-state index contributed by atoms with van der Waals surface area (Å²) in [5, 5.41) is 3.00. The van der Waals surface area contributed by atoms with Gasteiger partial charge in [-0.1, -0.05) is 24.3 Å². The first kappa shape index (κ1) is 20.6. The molecule has 0 bridgehead atoms. The predicted octanol–water partition coefficient (Wildman–Crippen LogP) is 2.51. The molecule has 1 saturated heterocycles. The molecule has 1 heterocycles. The highest BCUT2D eigenvalue weighted by Crippen LogP contribution is 2.22. The lowest BCUT2D eigenvalue weighted by Gasteiger charge is -2.35. The average molecular weight is 405 g/mol. The van der Waals surface area contributed by atoms with Gasteiger partial charge in [-0.05, 0) is 35.4 Å². The van der Waals surface area contributed by atoms with Gasteiger partial charge in [-0.25, -0.2) is 4.39 Å². The second kappa shape index (κ2) is 9.91. The quantitative estimate of drug-likeness (QED) is 0.770. The van der Waals surface area contributed by atoms with E-state index in [-0.39, 0.29) is 17.8 Å². The summed E-state index contributed by atoms with van der Waals surface area (Å²) < 4.78 is 30.2. The van der Waals surface area contributed by atoms with Crippen LogP contribution in [0.15, 0.2) is 48.5 Å². The molecule has 150 valence electrons. The van der Waals surface area contributed by atoms with E-state index in [0.717, 1.165) is 24.2 Å². The third kappa shape index (κ3) is 5.70. The van der Waals surface area contributed by atoms with Crippen LogP contribution >= 0.6 is 0 Å². The number of rotatable bonds is 7. The van der Waals surface area contributed by atoms with Crippen LogP contribution in [0.1, 0.15) is 27.5 Å². The van der Waals surface area contributed by atoms with Gasteiger partial charge in [-0.15, -0.1) is 0 Å². The first-order chi connectivity index (χ1) is 13.5. The lowest BCUT2D eigenvalue weighted by molar-refractivity contribution is 0.0162. The summed E-state index contributed by atoms with van der Waals surface area (Å²) in [6.45, 7) is 3.21. The van der Waals surface area contributed by atoms with Crippen LogP contribution in [0, 0.1) is 5.82 Å². The van der Waals surface area contributed by atoms with Crippen LogP contribution < -0.4 is 5.32 Å². The summed E-state index contributed by atoms with van der Waals surface area (Å²) in [5.74, 6) is -0.0321. The van der Waals surface area contributed by atoms with Gasteiger partial charge in [0, 0.05) is 48.0 Å². The topological polar surface area (TPSA) is 58.6 Å². The van der Waals surface area contributed by atoms with E-state index in [2.05, 4.69) is 10.2 Å². The molecule has 0 aromatic heterocycles. The van der Waals surface area contributed by atoms with Crippen molar-refractivity contribution in [3.63, 3.8) is 0 Å². The third-order valence-electron chi connectivity index (χ3n) is 4.76. The zero-order valence-electron chi connectivity index (χ0n) is 15.9. The van der Waals surface area contributed by atoms with Crippen molar-refractivity contribution in [2.45, 2.75) is 11.8 Å². The average Bonchev–Trinajstić information content (AvgIpc) is 2.70. The van der Waals surface area contributed by atoms with E-state index in [0.29, 0.717) is 31.1 Å². The Hall–Kier alpha value is -2.09. The molecule has 0 saturated carbocycles. The van der Waals surface area contributed by atoms with Crippen molar-refractivity contribution in [2.24, 2.45) is 0 Å². The van der Waals surface area contributed by atoms with E-state index in [1.807, 2.05) is 6.07 Å². The highest BCUT2D eigenvalue weighted by molar-refractivity contribution is 7.83. The Morgan fingerprint density at radius 3 is 2.61 bits per heavy atom. The molecule has 2 atom stereocenters. The molecule has 1 aliphatic heterocycles. The van der Waals surface area contributed by atoms with Crippen LogP contribution in [0.5, 0.6) is 0 Å². The monoisotopic (exact) mass is 404 g/mol. The first-order valence-electron chi connectivity index (χ1n) is 9.27. The Morgan fingerprint density at radius 2 is 1.93 bits per heavy atom. The van der Waals surface area contributed by atoms with Crippen molar-refractivity contribution in [2.75, 3.05) is 39.1 Å². The zero-order valence-corrected chi connectivity index (χ0v) is 16.7. The molecule has 1 amide bonds. The fraction of sp³-hybridized carbons (Fsp3) is 0.381. The van der Waals surface area contributed by atoms with Gasteiger partial charge in [0.15, 0.2) is 0 Å².